The Hall–Kier alpha value is -1.65. The number of thiophene rings is 1. The number of aryl methyl sites for hydroxylation is 1. The summed E-state index contributed by atoms with van der Waals surface area (Å²) >= 11 is 7.87. The number of halogens is 1. The zero-order valence-corrected chi connectivity index (χ0v) is 12.1. The Labute approximate surface area is 120 Å². The predicted molar refractivity (Wildman–Crippen MR) is 82.1 cm³/mol. The van der Waals surface area contributed by atoms with E-state index in [-0.39, 0.29) is 0 Å². The van der Waals surface area contributed by atoms with Crippen molar-refractivity contribution in [2.45, 2.75) is 6.92 Å². The fourth-order valence-electron chi connectivity index (χ4n) is 1.95. The quantitative estimate of drug-likeness (QED) is 0.761. The van der Waals surface area contributed by atoms with Crippen LogP contribution in [-0.4, -0.2) is 17.0 Å². The van der Waals surface area contributed by atoms with Crippen molar-refractivity contribution in [3.63, 3.8) is 0 Å². The van der Waals surface area contributed by atoms with Crippen LogP contribution in [0, 0.1) is 6.92 Å². The average molecular weight is 290 g/mol. The van der Waals surface area contributed by atoms with Crippen LogP contribution >= 0.6 is 22.9 Å². The molecule has 0 radical (unpaired) electrons. The van der Waals surface area contributed by atoms with Gasteiger partial charge in [-0.2, -0.15) is 0 Å². The highest BCUT2D eigenvalue weighted by atomic mass is 35.5. The van der Waals surface area contributed by atoms with Gasteiger partial charge in [0.05, 0.1) is 15.4 Å². The van der Waals surface area contributed by atoms with Gasteiger partial charge < -0.3 is 5.32 Å². The van der Waals surface area contributed by atoms with Gasteiger partial charge in [-0.1, -0.05) is 23.7 Å². The lowest BCUT2D eigenvalue weighted by atomic mass is 10.2. The molecule has 0 amide bonds. The van der Waals surface area contributed by atoms with Crippen molar-refractivity contribution >= 4 is 39.7 Å². The number of hydrogen-bond donors (Lipinski definition) is 1. The second-order valence-electron chi connectivity index (χ2n) is 4.22. The molecule has 0 atom stereocenters. The Morgan fingerprint density at radius 3 is 2.68 bits per heavy atom. The van der Waals surface area contributed by atoms with Gasteiger partial charge in [0.25, 0.3) is 0 Å². The molecule has 0 aliphatic carbocycles. The van der Waals surface area contributed by atoms with E-state index in [1.807, 2.05) is 43.6 Å². The van der Waals surface area contributed by atoms with Gasteiger partial charge >= 0.3 is 0 Å². The summed E-state index contributed by atoms with van der Waals surface area (Å²) in [7, 11) is 1.86. The first-order valence-corrected chi connectivity index (χ1v) is 7.15. The van der Waals surface area contributed by atoms with E-state index in [2.05, 4.69) is 15.3 Å². The first-order valence-electron chi connectivity index (χ1n) is 5.89. The minimum atomic E-state index is 0.672. The van der Waals surface area contributed by atoms with Gasteiger partial charge in [-0.3, -0.25) is 0 Å². The highest BCUT2D eigenvalue weighted by Crippen LogP contribution is 2.36. The molecule has 0 fully saturated rings. The van der Waals surface area contributed by atoms with E-state index in [4.69, 9.17) is 11.6 Å². The maximum absolute atomic E-state index is 6.30. The van der Waals surface area contributed by atoms with Crippen LogP contribution in [0.4, 0.5) is 5.82 Å². The number of nitrogens with zero attached hydrogens (tertiary/aromatic N) is 2. The Kier molecular flexibility index (Phi) is 3.12. The summed E-state index contributed by atoms with van der Waals surface area (Å²) in [5.74, 6) is 1.49. The highest BCUT2D eigenvalue weighted by molar-refractivity contribution is 7.14. The predicted octanol–water partition coefficient (Wildman–Crippen LogP) is 4.36. The van der Waals surface area contributed by atoms with Crippen LogP contribution in [0.2, 0.25) is 5.02 Å². The van der Waals surface area contributed by atoms with Crippen LogP contribution in [0.25, 0.3) is 21.6 Å². The Morgan fingerprint density at radius 2 is 2.00 bits per heavy atom. The SMILES string of the molecule is CNc1nc(-c2scc(C)c2Cl)nc2ccccc12. The molecular weight excluding hydrogens is 278 g/mol. The van der Waals surface area contributed by atoms with E-state index >= 15 is 0 Å². The van der Waals surface area contributed by atoms with Gasteiger partial charge in [0.2, 0.25) is 0 Å². The van der Waals surface area contributed by atoms with Gasteiger partial charge in [0.15, 0.2) is 5.82 Å². The lowest BCUT2D eigenvalue weighted by molar-refractivity contribution is 1.22. The molecule has 5 heteroatoms. The Bertz CT molecular complexity index is 752. The molecule has 1 aromatic carbocycles. The summed E-state index contributed by atoms with van der Waals surface area (Å²) in [5, 5.41) is 6.89. The molecule has 19 heavy (non-hydrogen) atoms. The number of benzene rings is 1. The summed E-state index contributed by atoms with van der Waals surface area (Å²) in [6.07, 6.45) is 0. The second-order valence-corrected chi connectivity index (χ2v) is 5.48. The number of anilines is 1. The molecule has 96 valence electrons. The summed E-state index contributed by atoms with van der Waals surface area (Å²) in [6.45, 7) is 1.99. The summed E-state index contributed by atoms with van der Waals surface area (Å²) in [6, 6.07) is 7.94. The van der Waals surface area contributed by atoms with Crippen molar-refractivity contribution < 1.29 is 0 Å². The number of hydrogen-bond acceptors (Lipinski definition) is 4. The molecule has 3 aromatic rings. The molecule has 2 aromatic heterocycles. The molecule has 0 bridgehead atoms. The number of rotatable bonds is 2. The minimum Gasteiger partial charge on any atom is -0.373 e. The average Bonchev–Trinajstić information content (AvgIpc) is 2.78. The number of aromatic nitrogens is 2. The molecule has 0 aliphatic rings. The van der Waals surface area contributed by atoms with Crippen LogP contribution in [-0.2, 0) is 0 Å². The lowest BCUT2D eigenvalue weighted by Gasteiger charge is -2.07. The van der Waals surface area contributed by atoms with Gasteiger partial charge in [-0.05, 0) is 30.0 Å². The highest BCUT2D eigenvalue weighted by Gasteiger charge is 2.14. The molecule has 0 spiro atoms. The van der Waals surface area contributed by atoms with Crippen LogP contribution in [0.1, 0.15) is 5.56 Å². The third-order valence-corrected chi connectivity index (χ3v) is 4.64. The largest absolute Gasteiger partial charge is 0.373 e. The third-order valence-electron chi connectivity index (χ3n) is 2.94. The monoisotopic (exact) mass is 289 g/mol. The van der Waals surface area contributed by atoms with Gasteiger partial charge in [-0.25, -0.2) is 9.97 Å². The van der Waals surface area contributed by atoms with Crippen molar-refractivity contribution in [3.05, 3.63) is 40.2 Å². The molecule has 2 heterocycles. The molecule has 0 saturated carbocycles. The normalized spacial score (nSPS) is 10.9. The topological polar surface area (TPSA) is 37.8 Å². The van der Waals surface area contributed by atoms with Crippen LogP contribution in [0.15, 0.2) is 29.6 Å². The maximum atomic E-state index is 6.30. The molecule has 3 rings (SSSR count). The standard InChI is InChI=1S/C14H12ClN3S/c1-8-7-19-12(11(8)15)14-17-10-6-4-3-5-9(10)13(16-2)18-14/h3-7H,1-2H3,(H,16,17,18). The minimum absolute atomic E-state index is 0.672. The van der Waals surface area contributed by atoms with E-state index in [0.717, 1.165) is 32.2 Å². The first-order chi connectivity index (χ1) is 9.20. The van der Waals surface area contributed by atoms with E-state index in [1.54, 1.807) is 11.3 Å². The third kappa shape index (κ3) is 2.07. The van der Waals surface area contributed by atoms with Crippen molar-refractivity contribution in [1.29, 1.82) is 0 Å². The van der Waals surface area contributed by atoms with E-state index in [0.29, 0.717) is 5.82 Å². The maximum Gasteiger partial charge on any atom is 0.173 e. The van der Waals surface area contributed by atoms with Crippen LogP contribution < -0.4 is 5.32 Å². The molecule has 0 unspecified atom stereocenters. The molecule has 3 nitrogen and oxygen atoms in total. The van der Waals surface area contributed by atoms with Crippen LogP contribution in [0.3, 0.4) is 0 Å². The smallest absolute Gasteiger partial charge is 0.173 e. The number of fused-ring (bicyclic) bond motifs is 1. The van der Waals surface area contributed by atoms with Crippen LogP contribution in [0.5, 0.6) is 0 Å². The summed E-state index contributed by atoms with van der Waals surface area (Å²) < 4.78 is 0. The van der Waals surface area contributed by atoms with Gasteiger partial charge in [0, 0.05) is 12.4 Å². The molecule has 0 saturated heterocycles. The van der Waals surface area contributed by atoms with Gasteiger partial charge in [-0.15, -0.1) is 11.3 Å². The van der Waals surface area contributed by atoms with Crippen molar-refractivity contribution in [3.8, 4) is 10.7 Å². The zero-order chi connectivity index (χ0) is 13.4. The summed E-state index contributed by atoms with van der Waals surface area (Å²) in [4.78, 5) is 10.1. The Morgan fingerprint density at radius 1 is 1.21 bits per heavy atom. The molecular formula is C14H12ClN3S. The fraction of sp³-hybridized carbons (Fsp3) is 0.143. The van der Waals surface area contributed by atoms with Crippen molar-refractivity contribution in [1.82, 2.24) is 9.97 Å². The lowest BCUT2D eigenvalue weighted by Crippen LogP contribution is -1.98. The van der Waals surface area contributed by atoms with Crippen molar-refractivity contribution in [2.24, 2.45) is 0 Å². The fourth-order valence-corrected chi connectivity index (χ4v) is 3.16. The molecule has 1 N–H and O–H groups in total. The van der Waals surface area contributed by atoms with Crippen molar-refractivity contribution in [2.75, 3.05) is 12.4 Å². The van der Waals surface area contributed by atoms with E-state index in [1.165, 1.54) is 0 Å². The van der Waals surface area contributed by atoms with E-state index in [9.17, 15) is 0 Å². The second kappa shape index (κ2) is 4.79. The molecule has 0 aliphatic heterocycles. The number of para-hydroxylation sites is 1. The number of nitrogens with one attached hydrogen (secondary N) is 1. The first kappa shape index (κ1) is 12.4. The zero-order valence-electron chi connectivity index (χ0n) is 10.6. The van der Waals surface area contributed by atoms with E-state index < -0.39 is 0 Å². The van der Waals surface area contributed by atoms with Gasteiger partial charge in [0.1, 0.15) is 5.82 Å². The Balaban J connectivity index is 2.28. The summed E-state index contributed by atoms with van der Waals surface area (Å²) in [5.41, 5.74) is 1.98.